The molecule has 0 N–H and O–H groups in total. The van der Waals surface area contributed by atoms with Gasteiger partial charge in [0.1, 0.15) is 5.82 Å². The van der Waals surface area contributed by atoms with Crippen molar-refractivity contribution >= 4 is 11.7 Å². The minimum atomic E-state index is 0.0224. The summed E-state index contributed by atoms with van der Waals surface area (Å²) >= 11 is 0. The molecule has 0 radical (unpaired) electrons. The maximum absolute atomic E-state index is 13.4. The molecule has 2 aliphatic rings. The number of piperidine rings is 2. The van der Waals surface area contributed by atoms with Crippen LogP contribution < -0.4 is 4.90 Å². The van der Waals surface area contributed by atoms with Crippen LogP contribution in [0.2, 0.25) is 0 Å². The zero-order valence-electron chi connectivity index (χ0n) is 21.7. The van der Waals surface area contributed by atoms with E-state index in [1.54, 1.807) is 6.20 Å². The van der Waals surface area contributed by atoms with Crippen LogP contribution in [0.4, 0.5) is 5.82 Å². The van der Waals surface area contributed by atoms with Gasteiger partial charge in [0.2, 0.25) is 5.91 Å². The van der Waals surface area contributed by atoms with Crippen molar-refractivity contribution in [1.82, 2.24) is 24.6 Å². The molecule has 7 nitrogen and oxygen atoms in total. The summed E-state index contributed by atoms with van der Waals surface area (Å²) in [6.07, 6.45) is 8.91. The molecule has 1 atom stereocenters. The highest BCUT2D eigenvalue weighted by Gasteiger charge is 2.32. The Labute approximate surface area is 224 Å². The van der Waals surface area contributed by atoms with Crippen molar-refractivity contribution in [2.75, 3.05) is 31.1 Å². The summed E-state index contributed by atoms with van der Waals surface area (Å²) in [5.74, 6) is 3.39. The van der Waals surface area contributed by atoms with E-state index in [9.17, 15) is 4.79 Å². The van der Waals surface area contributed by atoms with Crippen molar-refractivity contribution in [1.29, 1.82) is 0 Å². The molecule has 0 saturated carbocycles. The molecule has 0 spiro atoms. The van der Waals surface area contributed by atoms with Crippen LogP contribution >= 0.6 is 0 Å². The Morgan fingerprint density at radius 1 is 0.816 bits per heavy atom. The van der Waals surface area contributed by atoms with Gasteiger partial charge in [-0.1, -0.05) is 60.7 Å². The number of carbonyl (C=O) groups excluding carboxylic acids is 1. The van der Waals surface area contributed by atoms with E-state index in [4.69, 9.17) is 0 Å². The third-order valence-corrected chi connectivity index (χ3v) is 7.94. The van der Waals surface area contributed by atoms with Crippen molar-refractivity contribution in [2.45, 2.75) is 32.1 Å². The Morgan fingerprint density at radius 3 is 2.26 bits per heavy atom. The third kappa shape index (κ3) is 5.32. The fourth-order valence-corrected chi connectivity index (χ4v) is 5.85. The van der Waals surface area contributed by atoms with E-state index in [-0.39, 0.29) is 5.92 Å². The molecule has 2 fully saturated rings. The fourth-order valence-electron chi connectivity index (χ4n) is 5.85. The predicted molar refractivity (Wildman–Crippen MR) is 149 cm³/mol. The molecule has 1 amide bonds. The van der Waals surface area contributed by atoms with Gasteiger partial charge in [-0.05, 0) is 55.7 Å². The summed E-state index contributed by atoms with van der Waals surface area (Å²) in [5.41, 5.74) is 2.43. The largest absolute Gasteiger partial charge is 0.354 e. The summed E-state index contributed by atoms with van der Waals surface area (Å²) in [5, 5.41) is 9.07. The van der Waals surface area contributed by atoms with Gasteiger partial charge in [-0.3, -0.25) is 9.36 Å². The van der Waals surface area contributed by atoms with Crippen LogP contribution in [-0.4, -0.2) is 56.7 Å². The van der Waals surface area contributed by atoms with Crippen LogP contribution in [0.15, 0.2) is 85.2 Å². The molecule has 6 rings (SSSR count). The monoisotopic (exact) mass is 506 g/mol. The van der Waals surface area contributed by atoms with Crippen molar-refractivity contribution in [3.8, 4) is 17.2 Å². The van der Waals surface area contributed by atoms with Gasteiger partial charge in [0.05, 0.1) is 5.92 Å². The quantitative estimate of drug-likeness (QED) is 0.367. The highest BCUT2D eigenvalue weighted by molar-refractivity contribution is 5.80. The topological polar surface area (TPSA) is 67.2 Å². The maximum Gasteiger partial charge on any atom is 0.227 e. The fraction of sp³-hybridized carbons (Fsp3) is 0.355. The lowest BCUT2D eigenvalue weighted by atomic mass is 9.89. The van der Waals surface area contributed by atoms with Crippen LogP contribution in [0, 0.1) is 11.8 Å². The van der Waals surface area contributed by atoms with E-state index in [2.05, 4.69) is 55.3 Å². The first kappa shape index (κ1) is 24.3. The number of rotatable bonds is 6. The Balaban J connectivity index is 1.07. The first-order valence-corrected chi connectivity index (χ1v) is 13.7. The normalized spacial score (nSPS) is 18.5. The minimum absolute atomic E-state index is 0.0224. The summed E-state index contributed by atoms with van der Waals surface area (Å²) < 4.78 is 1.95. The minimum Gasteiger partial charge on any atom is -0.354 e. The van der Waals surface area contributed by atoms with Crippen molar-refractivity contribution in [2.24, 2.45) is 11.8 Å². The SMILES string of the molecule is O=C(C1CCCN(c2ccc(-n3ccnc3-c3ccccc3)nn2)C1)N1CCC(Cc2ccccc2)CC1. The summed E-state index contributed by atoms with van der Waals surface area (Å²) in [4.78, 5) is 22.3. The van der Waals surface area contributed by atoms with E-state index in [1.165, 1.54) is 5.56 Å². The van der Waals surface area contributed by atoms with Gasteiger partial charge in [0, 0.05) is 44.1 Å². The maximum atomic E-state index is 13.4. The van der Waals surface area contributed by atoms with Crippen molar-refractivity contribution in [3.63, 3.8) is 0 Å². The van der Waals surface area contributed by atoms with Crippen LogP contribution in [0.3, 0.4) is 0 Å². The molecule has 0 bridgehead atoms. The average Bonchev–Trinajstić information content (AvgIpc) is 3.49. The molecular formula is C31H34N6O. The molecule has 2 saturated heterocycles. The molecular weight excluding hydrogens is 472 g/mol. The molecule has 2 aromatic carbocycles. The lowest BCUT2D eigenvalue weighted by molar-refractivity contribution is -0.137. The second kappa shape index (κ2) is 11.2. The number of amides is 1. The lowest BCUT2D eigenvalue weighted by Gasteiger charge is -2.38. The number of hydrogen-bond acceptors (Lipinski definition) is 5. The summed E-state index contributed by atoms with van der Waals surface area (Å²) in [6, 6.07) is 24.8. The predicted octanol–water partition coefficient (Wildman–Crippen LogP) is 5.03. The molecule has 2 aromatic heterocycles. The van der Waals surface area contributed by atoms with Crippen molar-refractivity contribution in [3.05, 3.63) is 90.8 Å². The first-order valence-electron chi connectivity index (χ1n) is 13.7. The third-order valence-electron chi connectivity index (χ3n) is 7.94. The van der Waals surface area contributed by atoms with E-state index in [0.717, 1.165) is 74.8 Å². The Kier molecular flexibility index (Phi) is 7.16. The molecule has 2 aliphatic heterocycles. The number of aromatic nitrogens is 4. The number of hydrogen-bond donors (Lipinski definition) is 0. The highest BCUT2D eigenvalue weighted by atomic mass is 16.2. The smallest absolute Gasteiger partial charge is 0.227 e. The summed E-state index contributed by atoms with van der Waals surface area (Å²) in [7, 11) is 0. The molecule has 0 aliphatic carbocycles. The number of benzene rings is 2. The van der Waals surface area contributed by atoms with Gasteiger partial charge >= 0.3 is 0 Å². The number of carbonyl (C=O) groups is 1. The number of nitrogens with zero attached hydrogens (tertiary/aromatic N) is 6. The number of anilines is 1. The average molecular weight is 507 g/mol. The zero-order chi connectivity index (χ0) is 25.7. The van der Waals surface area contributed by atoms with Crippen LogP contribution in [-0.2, 0) is 11.2 Å². The second-order valence-electron chi connectivity index (χ2n) is 10.5. The standard InChI is InChI=1S/C31H34N6O/c38-31(35-19-15-25(16-20-35)22-24-8-3-1-4-9-24)27-12-7-18-36(23-27)28-13-14-29(34-33-28)37-21-17-32-30(37)26-10-5-2-6-11-26/h1-6,8-11,13-14,17,21,25,27H,7,12,15-16,18-20,22-23H2. The molecule has 7 heteroatoms. The molecule has 38 heavy (non-hydrogen) atoms. The highest BCUT2D eigenvalue weighted by Crippen LogP contribution is 2.27. The van der Waals surface area contributed by atoms with E-state index in [1.807, 2.05) is 53.2 Å². The Bertz CT molecular complexity index is 1330. The Morgan fingerprint density at radius 2 is 1.53 bits per heavy atom. The van der Waals surface area contributed by atoms with Gasteiger partial charge < -0.3 is 9.80 Å². The number of likely N-dealkylation sites (tertiary alicyclic amines) is 1. The van der Waals surface area contributed by atoms with Gasteiger partial charge in [-0.25, -0.2) is 4.98 Å². The van der Waals surface area contributed by atoms with Crippen LogP contribution in [0.1, 0.15) is 31.2 Å². The number of imidazole rings is 1. The molecule has 1 unspecified atom stereocenters. The molecule has 4 heterocycles. The first-order chi connectivity index (χ1) is 18.7. The van der Waals surface area contributed by atoms with Gasteiger partial charge in [0.25, 0.3) is 0 Å². The lowest BCUT2D eigenvalue weighted by Crippen LogP contribution is -2.47. The van der Waals surface area contributed by atoms with Gasteiger partial charge in [-0.2, -0.15) is 0 Å². The van der Waals surface area contributed by atoms with E-state index >= 15 is 0 Å². The van der Waals surface area contributed by atoms with Crippen LogP contribution in [0.5, 0.6) is 0 Å². The Hall–Kier alpha value is -4.00. The zero-order valence-corrected chi connectivity index (χ0v) is 21.7. The van der Waals surface area contributed by atoms with Crippen LogP contribution in [0.25, 0.3) is 17.2 Å². The van der Waals surface area contributed by atoms with Gasteiger partial charge in [0.15, 0.2) is 11.6 Å². The van der Waals surface area contributed by atoms with E-state index in [0.29, 0.717) is 18.4 Å². The van der Waals surface area contributed by atoms with Crippen molar-refractivity contribution < 1.29 is 4.79 Å². The van der Waals surface area contributed by atoms with Gasteiger partial charge in [-0.15, -0.1) is 10.2 Å². The second-order valence-corrected chi connectivity index (χ2v) is 10.5. The van der Waals surface area contributed by atoms with E-state index < -0.39 is 0 Å². The molecule has 4 aromatic rings. The summed E-state index contributed by atoms with van der Waals surface area (Å²) in [6.45, 7) is 3.35. The molecule has 194 valence electrons.